The van der Waals surface area contributed by atoms with Gasteiger partial charge in [0.2, 0.25) is 11.8 Å². The third-order valence-corrected chi connectivity index (χ3v) is 8.09. The van der Waals surface area contributed by atoms with Gasteiger partial charge < -0.3 is 35.5 Å². The molecule has 11 heteroatoms. The van der Waals surface area contributed by atoms with Crippen LogP contribution in [0, 0.1) is 5.92 Å². The van der Waals surface area contributed by atoms with Crippen LogP contribution in [0.25, 0.3) is 0 Å². The maximum atomic E-state index is 14.0. The molecule has 5 atom stereocenters. The molecule has 2 aromatic rings. The first-order valence-corrected chi connectivity index (χ1v) is 16.6. The van der Waals surface area contributed by atoms with Crippen molar-refractivity contribution in [3.8, 4) is 5.75 Å². The summed E-state index contributed by atoms with van der Waals surface area (Å²) < 4.78 is 16.4. The van der Waals surface area contributed by atoms with E-state index in [2.05, 4.69) is 21.3 Å². The summed E-state index contributed by atoms with van der Waals surface area (Å²) in [6.45, 7) is 9.93. The summed E-state index contributed by atoms with van der Waals surface area (Å²) in [7, 11) is 1.29. The second-order valence-corrected chi connectivity index (χ2v) is 13.1. The molecule has 3 amide bonds. The van der Waals surface area contributed by atoms with Gasteiger partial charge in [-0.3, -0.25) is 9.59 Å². The number of hydrogen-bond acceptors (Lipinski definition) is 8. The second-order valence-electron chi connectivity index (χ2n) is 13.1. The van der Waals surface area contributed by atoms with E-state index < -0.39 is 47.7 Å². The normalized spacial score (nSPS) is 20.9. The van der Waals surface area contributed by atoms with Gasteiger partial charge in [-0.05, 0) is 82.1 Å². The van der Waals surface area contributed by atoms with Gasteiger partial charge in [-0.15, -0.1) is 0 Å². The van der Waals surface area contributed by atoms with Crippen LogP contribution in [0.5, 0.6) is 5.75 Å². The zero-order valence-electron chi connectivity index (χ0n) is 28.6. The summed E-state index contributed by atoms with van der Waals surface area (Å²) in [4.78, 5) is 53.0. The largest absolute Gasteiger partial charge is 0.494 e. The van der Waals surface area contributed by atoms with Crippen LogP contribution in [-0.4, -0.2) is 73.9 Å². The van der Waals surface area contributed by atoms with Crippen LogP contribution in [-0.2, 0) is 36.7 Å². The van der Waals surface area contributed by atoms with Gasteiger partial charge in [0.25, 0.3) is 0 Å². The molecule has 4 rings (SSSR count). The summed E-state index contributed by atoms with van der Waals surface area (Å²) in [6.07, 6.45) is 2.58. The Bertz CT molecular complexity index is 1300. The molecule has 11 nitrogen and oxygen atoms in total. The molecule has 0 saturated heterocycles. The predicted molar refractivity (Wildman–Crippen MR) is 180 cm³/mol. The van der Waals surface area contributed by atoms with Crippen molar-refractivity contribution in [1.29, 1.82) is 0 Å². The van der Waals surface area contributed by atoms with Gasteiger partial charge in [-0.2, -0.15) is 0 Å². The molecule has 2 heterocycles. The van der Waals surface area contributed by atoms with E-state index in [4.69, 9.17) is 14.2 Å². The molecule has 47 heavy (non-hydrogen) atoms. The molecule has 0 fully saturated rings. The quantitative estimate of drug-likeness (QED) is 0.297. The van der Waals surface area contributed by atoms with Crippen molar-refractivity contribution in [1.82, 2.24) is 21.3 Å². The highest BCUT2D eigenvalue weighted by Gasteiger charge is 2.32. The fraction of sp³-hybridized carbons (Fsp3) is 0.556. The molecular formula is C36H52N4O7. The molecule has 2 aliphatic rings. The highest BCUT2D eigenvalue weighted by atomic mass is 16.6. The van der Waals surface area contributed by atoms with Gasteiger partial charge in [0.05, 0.1) is 19.8 Å². The lowest BCUT2D eigenvalue weighted by Crippen LogP contribution is -2.58. The van der Waals surface area contributed by atoms with Crippen molar-refractivity contribution in [2.75, 3.05) is 20.3 Å². The van der Waals surface area contributed by atoms with E-state index in [-0.39, 0.29) is 18.4 Å². The molecular weight excluding hydrogens is 600 g/mol. The SMILES string of the molecule is CC[C@H](C)[C@@H]1NC(=O)[C@@H](NC[C@H](Cc2ccccc2)NC(=O)OC(C)(C)C)Cc2ccc(cc2)OCCCC[C@@H](C(=O)OC)NC1=O. The van der Waals surface area contributed by atoms with Gasteiger partial charge >= 0.3 is 12.1 Å². The number of esters is 1. The van der Waals surface area contributed by atoms with Crippen LogP contribution in [0.15, 0.2) is 54.6 Å². The van der Waals surface area contributed by atoms with Crippen molar-refractivity contribution in [3.05, 3.63) is 65.7 Å². The first-order chi connectivity index (χ1) is 22.4. The van der Waals surface area contributed by atoms with E-state index in [1.54, 1.807) is 20.8 Å². The molecule has 2 aliphatic heterocycles. The van der Waals surface area contributed by atoms with Crippen LogP contribution in [0.2, 0.25) is 0 Å². The Balaban J connectivity index is 1.90. The Kier molecular flexibility index (Phi) is 14.5. The number of alkyl carbamates (subject to hydrolysis) is 1. The first-order valence-electron chi connectivity index (χ1n) is 16.6. The van der Waals surface area contributed by atoms with Crippen LogP contribution < -0.4 is 26.0 Å². The van der Waals surface area contributed by atoms with Gasteiger partial charge in [-0.1, -0.05) is 62.7 Å². The van der Waals surface area contributed by atoms with Crippen molar-refractivity contribution in [2.45, 2.75) is 103 Å². The van der Waals surface area contributed by atoms with E-state index >= 15 is 0 Å². The van der Waals surface area contributed by atoms with Crippen LogP contribution in [0.1, 0.15) is 71.4 Å². The monoisotopic (exact) mass is 652 g/mol. The van der Waals surface area contributed by atoms with Gasteiger partial charge in [-0.25, -0.2) is 9.59 Å². The summed E-state index contributed by atoms with van der Waals surface area (Å²) in [5, 5.41) is 12.1. The van der Waals surface area contributed by atoms with Crippen LogP contribution in [0.4, 0.5) is 4.79 Å². The Hall–Kier alpha value is -4.12. The Labute approximate surface area is 278 Å². The highest BCUT2D eigenvalue weighted by molar-refractivity contribution is 5.92. The number of carbonyl (C=O) groups is 4. The molecule has 0 aromatic heterocycles. The fourth-order valence-electron chi connectivity index (χ4n) is 5.30. The van der Waals surface area contributed by atoms with E-state index in [1.807, 2.05) is 68.4 Å². The molecule has 0 aliphatic carbocycles. The molecule has 2 bridgehead atoms. The molecule has 2 aromatic carbocycles. The number of nitrogens with one attached hydrogen (secondary N) is 4. The minimum absolute atomic E-state index is 0.215. The second kappa shape index (κ2) is 18.3. The molecule has 0 radical (unpaired) electrons. The maximum absolute atomic E-state index is 14.0. The highest BCUT2D eigenvalue weighted by Crippen LogP contribution is 2.17. The predicted octanol–water partition coefficient (Wildman–Crippen LogP) is 4.07. The smallest absolute Gasteiger partial charge is 0.407 e. The zero-order chi connectivity index (χ0) is 34.4. The van der Waals surface area contributed by atoms with Gasteiger partial charge in [0.15, 0.2) is 0 Å². The van der Waals surface area contributed by atoms with Crippen molar-refractivity contribution in [2.24, 2.45) is 5.92 Å². The average Bonchev–Trinajstić information content (AvgIpc) is 3.03. The van der Waals surface area contributed by atoms with Crippen molar-refractivity contribution < 1.29 is 33.4 Å². The molecule has 0 saturated carbocycles. The molecule has 0 spiro atoms. The molecule has 4 N–H and O–H groups in total. The number of fused-ring (bicyclic) bond motifs is 14. The third-order valence-electron chi connectivity index (χ3n) is 8.09. The van der Waals surface area contributed by atoms with E-state index in [1.165, 1.54) is 7.11 Å². The van der Waals surface area contributed by atoms with Gasteiger partial charge in [0.1, 0.15) is 23.4 Å². The number of amides is 3. The third kappa shape index (κ3) is 12.9. The summed E-state index contributed by atoms with van der Waals surface area (Å²) in [5.74, 6) is -0.873. The van der Waals surface area contributed by atoms with Crippen molar-refractivity contribution in [3.63, 3.8) is 0 Å². The van der Waals surface area contributed by atoms with Crippen LogP contribution in [0.3, 0.4) is 0 Å². The molecule has 258 valence electrons. The summed E-state index contributed by atoms with van der Waals surface area (Å²) in [6, 6.07) is 14.4. The van der Waals surface area contributed by atoms with E-state index in [0.29, 0.717) is 50.9 Å². The molecule has 0 unspecified atom stereocenters. The number of methoxy groups -OCH3 is 1. The average molecular weight is 653 g/mol. The minimum atomic E-state index is -0.884. The Morgan fingerprint density at radius 1 is 1.00 bits per heavy atom. The lowest BCUT2D eigenvalue weighted by atomic mass is 9.96. The maximum Gasteiger partial charge on any atom is 0.407 e. The summed E-state index contributed by atoms with van der Waals surface area (Å²) in [5.41, 5.74) is 1.23. The van der Waals surface area contributed by atoms with E-state index in [0.717, 1.165) is 11.1 Å². The Morgan fingerprint density at radius 3 is 2.34 bits per heavy atom. The Morgan fingerprint density at radius 2 is 1.70 bits per heavy atom. The lowest BCUT2D eigenvalue weighted by molar-refractivity contribution is -0.145. The minimum Gasteiger partial charge on any atom is -0.494 e. The fourth-order valence-corrected chi connectivity index (χ4v) is 5.30. The standard InChI is InChI=1S/C36H52N4O7/c1-7-24(2)31-33(42)39-29(34(43)45-6)15-11-12-20-46-28-18-16-26(17-19-28)22-30(32(41)40-31)37-23-27(21-25-13-9-8-10-14-25)38-35(44)47-36(3,4)5/h8-10,13-14,16-19,24,27,29-31,37H,7,11-12,15,20-23H2,1-6H3,(H,38,44)(H,39,42)(H,40,41)/t24-,27-,29-,30-,31-/m0/s1. The van der Waals surface area contributed by atoms with Crippen LogP contribution >= 0.6 is 0 Å². The number of carbonyl (C=O) groups excluding carboxylic acids is 4. The first kappa shape index (κ1) is 37.3. The van der Waals surface area contributed by atoms with Crippen molar-refractivity contribution >= 4 is 23.9 Å². The topological polar surface area (TPSA) is 144 Å². The van der Waals surface area contributed by atoms with E-state index in [9.17, 15) is 19.2 Å². The number of hydrogen-bond donors (Lipinski definition) is 4. The number of ether oxygens (including phenoxy) is 3. The summed E-state index contributed by atoms with van der Waals surface area (Å²) >= 11 is 0. The zero-order valence-corrected chi connectivity index (χ0v) is 28.6. The number of rotatable bonds is 9. The lowest BCUT2D eigenvalue weighted by Gasteiger charge is -2.29. The number of benzene rings is 2. The van der Waals surface area contributed by atoms with Gasteiger partial charge in [0, 0.05) is 12.6 Å².